The number of nitrogens with zero attached hydrogens (tertiary/aromatic N) is 1. The number of nitrogens with one attached hydrogen (secondary N) is 2. The van der Waals surface area contributed by atoms with E-state index in [2.05, 4.69) is 16.9 Å². The summed E-state index contributed by atoms with van der Waals surface area (Å²) in [7, 11) is 0. The molecule has 13 heavy (non-hydrogen) atoms. The van der Waals surface area contributed by atoms with E-state index in [-0.39, 0.29) is 0 Å². The van der Waals surface area contributed by atoms with E-state index in [9.17, 15) is 0 Å². The lowest BCUT2D eigenvalue weighted by molar-refractivity contribution is 0.689. The quantitative estimate of drug-likeness (QED) is 0.658. The van der Waals surface area contributed by atoms with Crippen LogP contribution in [0.15, 0.2) is 24.3 Å². The Hall–Kier alpha value is -1.37. The zero-order valence-corrected chi connectivity index (χ0v) is 7.25. The highest BCUT2D eigenvalue weighted by molar-refractivity contribution is 5.33. The summed E-state index contributed by atoms with van der Waals surface area (Å²) in [5, 5.41) is 8.62. The zero-order valence-electron chi connectivity index (χ0n) is 7.25. The van der Waals surface area contributed by atoms with E-state index in [0.717, 1.165) is 18.7 Å². The van der Waals surface area contributed by atoms with Crippen LogP contribution in [0.2, 0.25) is 0 Å². The lowest BCUT2D eigenvalue weighted by Crippen LogP contribution is -2.21. The minimum absolute atomic E-state index is 0.535. The molecule has 1 aromatic carbocycles. The van der Waals surface area contributed by atoms with Gasteiger partial charge in [-0.15, -0.1) is 0 Å². The molecule has 1 fully saturated rings. The molecule has 3 nitrogen and oxygen atoms in total. The second-order valence-corrected chi connectivity index (χ2v) is 3.19. The molecular weight excluding hydrogens is 162 g/mol. The van der Waals surface area contributed by atoms with E-state index < -0.39 is 0 Å². The monoisotopic (exact) mass is 173 g/mol. The molecule has 3 heteroatoms. The van der Waals surface area contributed by atoms with Crippen LogP contribution in [0.3, 0.4) is 0 Å². The molecule has 2 N–H and O–H groups in total. The Balaban J connectivity index is 2.18. The number of benzene rings is 1. The fraction of sp³-hybridized carbons (Fsp3) is 0.300. The maximum Gasteiger partial charge on any atom is 0.0991 e. The number of hydrogen-bond acceptors (Lipinski definition) is 3. The van der Waals surface area contributed by atoms with Crippen LogP contribution in [-0.4, -0.2) is 13.1 Å². The smallest absolute Gasteiger partial charge is 0.0991 e. The van der Waals surface area contributed by atoms with Crippen molar-refractivity contribution in [2.45, 2.75) is 5.92 Å². The van der Waals surface area contributed by atoms with Crippen LogP contribution in [-0.2, 0) is 0 Å². The maximum absolute atomic E-state index is 8.62. The fourth-order valence-corrected chi connectivity index (χ4v) is 1.53. The van der Waals surface area contributed by atoms with Gasteiger partial charge in [0.25, 0.3) is 0 Å². The summed E-state index contributed by atoms with van der Waals surface area (Å²) >= 11 is 0. The standard InChI is InChI=1S/C10H11N3/c11-5-8-1-3-9(4-2-8)10-6-12-13-7-10/h1-4,10,12-13H,6-7H2. The summed E-state index contributed by atoms with van der Waals surface area (Å²) in [6, 6.07) is 9.90. The van der Waals surface area contributed by atoms with Crippen LogP contribution < -0.4 is 10.9 Å². The molecule has 0 aromatic heterocycles. The van der Waals surface area contributed by atoms with Gasteiger partial charge >= 0.3 is 0 Å². The van der Waals surface area contributed by atoms with Gasteiger partial charge in [-0.25, -0.2) is 0 Å². The first-order chi connectivity index (χ1) is 6.40. The van der Waals surface area contributed by atoms with Crippen molar-refractivity contribution in [1.29, 1.82) is 5.26 Å². The van der Waals surface area contributed by atoms with Gasteiger partial charge in [0.15, 0.2) is 0 Å². The molecular formula is C10H11N3. The Morgan fingerprint density at radius 1 is 1.15 bits per heavy atom. The number of rotatable bonds is 1. The van der Waals surface area contributed by atoms with Gasteiger partial charge in [-0.2, -0.15) is 5.26 Å². The van der Waals surface area contributed by atoms with Crippen molar-refractivity contribution in [3.8, 4) is 6.07 Å². The highest BCUT2D eigenvalue weighted by Crippen LogP contribution is 2.16. The van der Waals surface area contributed by atoms with Crippen LogP contribution in [0.5, 0.6) is 0 Å². The Morgan fingerprint density at radius 3 is 2.31 bits per heavy atom. The Morgan fingerprint density at radius 2 is 1.77 bits per heavy atom. The molecule has 1 aliphatic rings. The molecule has 2 rings (SSSR count). The molecule has 1 saturated heterocycles. The van der Waals surface area contributed by atoms with Crippen molar-refractivity contribution in [3.05, 3.63) is 35.4 Å². The average molecular weight is 173 g/mol. The van der Waals surface area contributed by atoms with E-state index in [1.54, 1.807) is 0 Å². The number of nitriles is 1. The third-order valence-corrected chi connectivity index (χ3v) is 2.33. The van der Waals surface area contributed by atoms with Gasteiger partial charge in [-0.3, -0.25) is 10.9 Å². The van der Waals surface area contributed by atoms with Crippen LogP contribution in [0, 0.1) is 11.3 Å². The van der Waals surface area contributed by atoms with E-state index in [0.29, 0.717) is 5.92 Å². The van der Waals surface area contributed by atoms with E-state index in [4.69, 9.17) is 5.26 Å². The summed E-state index contributed by atoms with van der Waals surface area (Å²) in [4.78, 5) is 0. The second kappa shape index (κ2) is 3.56. The maximum atomic E-state index is 8.62. The summed E-state index contributed by atoms with van der Waals surface area (Å²) in [5.74, 6) is 0.535. The van der Waals surface area contributed by atoms with Crippen molar-refractivity contribution in [2.24, 2.45) is 0 Å². The lowest BCUT2D eigenvalue weighted by Gasteiger charge is -2.06. The molecule has 0 radical (unpaired) electrons. The SMILES string of the molecule is N#Cc1ccc(C2CNNC2)cc1. The van der Waals surface area contributed by atoms with Gasteiger partial charge < -0.3 is 0 Å². The van der Waals surface area contributed by atoms with Gasteiger partial charge in [-0.1, -0.05) is 12.1 Å². The predicted molar refractivity (Wildman–Crippen MR) is 49.9 cm³/mol. The first-order valence-electron chi connectivity index (χ1n) is 4.36. The molecule has 66 valence electrons. The lowest BCUT2D eigenvalue weighted by atomic mass is 9.99. The molecule has 0 atom stereocenters. The van der Waals surface area contributed by atoms with Crippen molar-refractivity contribution < 1.29 is 0 Å². The largest absolute Gasteiger partial charge is 0.257 e. The molecule has 0 aliphatic carbocycles. The highest BCUT2D eigenvalue weighted by atomic mass is 15.4. The molecule has 1 aromatic rings. The molecule has 0 saturated carbocycles. The minimum atomic E-state index is 0.535. The third-order valence-electron chi connectivity index (χ3n) is 2.33. The van der Waals surface area contributed by atoms with Crippen molar-refractivity contribution in [3.63, 3.8) is 0 Å². The minimum Gasteiger partial charge on any atom is -0.257 e. The average Bonchev–Trinajstić information content (AvgIpc) is 2.71. The summed E-state index contributed by atoms with van der Waals surface area (Å²) in [5.41, 5.74) is 8.18. The number of hydrogen-bond donors (Lipinski definition) is 2. The van der Waals surface area contributed by atoms with Crippen molar-refractivity contribution in [2.75, 3.05) is 13.1 Å². The van der Waals surface area contributed by atoms with Gasteiger partial charge in [0.1, 0.15) is 0 Å². The van der Waals surface area contributed by atoms with E-state index in [1.165, 1.54) is 5.56 Å². The number of hydrazine groups is 1. The zero-order chi connectivity index (χ0) is 9.10. The second-order valence-electron chi connectivity index (χ2n) is 3.19. The van der Waals surface area contributed by atoms with Crippen LogP contribution in [0.1, 0.15) is 17.0 Å². The molecule has 0 unspecified atom stereocenters. The summed E-state index contributed by atoms with van der Waals surface area (Å²) in [6.45, 7) is 1.93. The van der Waals surface area contributed by atoms with E-state index >= 15 is 0 Å². The van der Waals surface area contributed by atoms with E-state index in [1.807, 2.05) is 24.3 Å². The highest BCUT2D eigenvalue weighted by Gasteiger charge is 2.15. The van der Waals surface area contributed by atoms with Gasteiger partial charge in [-0.05, 0) is 17.7 Å². The van der Waals surface area contributed by atoms with Crippen molar-refractivity contribution >= 4 is 0 Å². The summed E-state index contributed by atoms with van der Waals surface area (Å²) in [6.07, 6.45) is 0. The predicted octanol–water partition coefficient (Wildman–Crippen LogP) is 0.750. The van der Waals surface area contributed by atoms with Crippen LogP contribution >= 0.6 is 0 Å². The summed E-state index contributed by atoms with van der Waals surface area (Å²) < 4.78 is 0. The molecule has 0 bridgehead atoms. The fourth-order valence-electron chi connectivity index (χ4n) is 1.53. The van der Waals surface area contributed by atoms with Crippen LogP contribution in [0.25, 0.3) is 0 Å². The normalized spacial score (nSPS) is 17.2. The first-order valence-corrected chi connectivity index (χ1v) is 4.36. The van der Waals surface area contributed by atoms with Crippen molar-refractivity contribution in [1.82, 2.24) is 10.9 Å². The Bertz CT molecular complexity index is 317. The molecule has 1 aliphatic heterocycles. The topological polar surface area (TPSA) is 47.9 Å². The molecule has 1 heterocycles. The van der Waals surface area contributed by atoms with Crippen LogP contribution in [0.4, 0.5) is 0 Å². The van der Waals surface area contributed by atoms with Gasteiger partial charge in [0, 0.05) is 19.0 Å². The van der Waals surface area contributed by atoms with Gasteiger partial charge in [0.2, 0.25) is 0 Å². The first kappa shape index (κ1) is 8.24. The Kier molecular flexibility index (Phi) is 2.26. The third kappa shape index (κ3) is 1.69. The molecule has 0 spiro atoms. The molecule has 0 amide bonds. The van der Waals surface area contributed by atoms with Gasteiger partial charge in [0.05, 0.1) is 11.6 Å². The Labute approximate surface area is 77.3 Å².